The van der Waals surface area contributed by atoms with Crippen molar-refractivity contribution in [1.29, 1.82) is 0 Å². The molecule has 0 radical (unpaired) electrons. The highest BCUT2D eigenvalue weighted by atomic mass is 16.4. The first-order valence-corrected chi connectivity index (χ1v) is 3.77. The zero-order valence-corrected chi connectivity index (χ0v) is 7.10. The Morgan fingerprint density at radius 1 is 1.38 bits per heavy atom. The lowest BCUT2D eigenvalue weighted by atomic mass is 10.1. The highest BCUT2D eigenvalue weighted by Crippen LogP contribution is 2.17. The number of carboxylic acid groups (broad SMARTS) is 1. The van der Waals surface area contributed by atoms with Gasteiger partial charge in [0.1, 0.15) is 0 Å². The van der Waals surface area contributed by atoms with E-state index in [9.17, 15) is 9.70 Å². The number of hydrogen-bond donors (Lipinski definition) is 1. The van der Waals surface area contributed by atoms with E-state index < -0.39 is 12.0 Å². The summed E-state index contributed by atoms with van der Waals surface area (Å²) in [5.41, 5.74) is 1.42. The van der Waals surface area contributed by atoms with E-state index in [0.29, 0.717) is 5.56 Å². The second-order valence-electron chi connectivity index (χ2n) is 2.76. The highest BCUT2D eigenvalue weighted by Gasteiger charge is 2.19. The van der Waals surface area contributed by atoms with E-state index >= 15 is 0 Å². The van der Waals surface area contributed by atoms with Crippen LogP contribution in [0.5, 0.6) is 0 Å². The van der Waals surface area contributed by atoms with Crippen molar-refractivity contribution in [2.45, 2.75) is 13.0 Å². The third kappa shape index (κ3) is 2.11. The Hall–Kier alpha value is -1.71. The van der Waals surface area contributed by atoms with Gasteiger partial charge in [-0.25, -0.2) is 4.79 Å². The molecule has 1 rings (SSSR count). The molecule has 0 aliphatic heterocycles. The van der Waals surface area contributed by atoms with Gasteiger partial charge in [-0.05, 0) is 17.7 Å². The van der Waals surface area contributed by atoms with Crippen LogP contribution in [0.25, 0.3) is 0 Å². The van der Waals surface area contributed by atoms with E-state index in [4.69, 9.17) is 5.11 Å². The predicted octanol–water partition coefficient (Wildman–Crippen LogP) is 1.89. The number of aryl methyl sites for hydroxylation is 1. The smallest absolute Gasteiger partial charge is 0.336 e. The number of nitroso groups, excluding NO2 is 1. The van der Waals surface area contributed by atoms with Crippen LogP contribution < -0.4 is 0 Å². The lowest BCUT2D eigenvalue weighted by molar-refractivity contribution is -0.138. The number of carboxylic acids is 1. The van der Waals surface area contributed by atoms with Crippen LogP contribution >= 0.6 is 0 Å². The molecule has 0 heterocycles. The molecule has 0 saturated carbocycles. The van der Waals surface area contributed by atoms with E-state index in [-0.39, 0.29) is 0 Å². The number of nitrogens with zero attached hydrogens (tertiary/aromatic N) is 1. The van der Waals surface area contributed by atoms with Crippen LogP contribution in [-0.4, -0.2) is 11.1 Å². The van der Waals surface area contributed by atoms with Crippen molar-refractivity contribution in [3.63, 3.8) is 0 Å². The van der Waals surface area contributed by atoms with E-state index in [2.05, 4.69) is 5.18 Å². The van der Waals surface area contributed by atoms with Gasteiger partial charge in [0.15, 0.2) is 0 Å². The third-order valence-electron chi connectivity index (χ3n) is 1.73. The fraction of sp³-hybridized carbons (Fsp3) is 0.222. The van der Waals surface area contributed by atoms with Crippen LogP contribution in [0.15, 0.2) is 29.4 Å². The number of carbonyl (C=O) groups is 1. The molecule has 1 N–H and O–H groups in total. The summed E-state index contributed by atoms with van der Waals surface area (Å²) in [5.74, 6) is -1.22. The standard InChI is InChI=1S/C9H9NO3/c1-6-2-4-7(5-3-6)8(10-13)9(11)12/h2-5,8H,1H3,(H,11,12)/t8-/m1/s1. The Bertz CT molecular complexity index is 318. The van der Waals surface area contributed by atoms with Gasteiger partial charge in [0.05, 0.1) is 0 Å². The van der Waals surface area contributed by atoms with E-state index in [0.717, 1.165) is 5.56 Å². The van der Waals surface area contributed by atoms with Gasteiger partial charge in [0.2, 0.25) is 6.04 Å². The lowest BCUT2D eigenvalue weighted by Crippen LogP contribution is -2.08. The molecule has 1 aromatic carbocycles. The van der Waals surface area contributed by atoms with Crippen LogP contribution in [-0.2, 0) is 4.79 Å². The van der Waals surface area contributed by atoms with E-state index in [1.807, 2.05) is 6.92 Å². The first-order valence-electron chi connectivity index (χ1n) is 3.77. The van der Waals surface area contributed by atoms with Gasteiger partial charge in [0, 0.05) is 0 Å². The molecule has 13 heavy (non-hydrogen) atoms. The number of aliphatic carboxylic acids is 1. The molecular weight excluding hydrogens is 170 g/mol. The maximum Gasteiger partial charge on any atom is 0.336 e. The summed E-state index contributed by atoms with van der Waals surface area (Å²) in [6.07, 6.45) is 0. The molecule has 0 saturated heterocycles. The molecule has 0 aromatic heterocycles. The summed E-state index contributed by atoms with van der Waals surface area (Å²) in [6.45, 7) is 1.88. The summed E-state index contributed by atoms with van der Waals surface area (Å²) in [5, 5.41) is 11.1. The average Bonchev–Trinajstić information content (AvgIpc) is 2.09. The van der Waals surface area contributed by atoms with Crippen LogP contribution in [0.4, 0.5) is 0 Å². The van der Waals surface area contributed by atoms with Crippen molar-refractivity contribution in [3.8, 4) is 0 Å². The van der Waals surface area contributed by atoms with Crippen LogP contribution in [0.1, 0.15) is 17.2 Å². The van der Waals surface area contributed by atoms with Crippen LogP contribution in [0, 0.1) is 11.8 Å². The number of hydrogen-bond acceptors (Lipinski definition) is 3. The Morgan fingerprint density at radius 2 is 1.92 bits per heavy atom. The topological polar surface area (TPSA) is 66.7 Å². The highest BCUT2D eigenvalue weighted by molar-refractivity contribution is 5.75. The van der Waals surface area contributed by atoms with Crippen LogP contribution in [0.3, 0.4) is 0 Å². The summed E-state index contributed by atoms with van der Waals surface area (Å²) >= 11 is 0. The van der Waals surface area contributed by atoms with Crippen molar-refractivity contribution in [3.05, 3.63) is 40.3 Å². The predicted molar refractivity (Wildman–Crippen MR) is 47.4 cm³/mol. The largest absolute Gasteiger partial charge is 0.479 e. The second kappa shape index (κ2) is 3.80. The van der Waals surface area contributed by atoms with Crippen molar-refractivity contribution in [2.75, 3.05) is 0 Å². The molecule has 0 amide bonds. The number of benzene rings is 1. The van der Waals surface area contributed by atoms with Gasteiger partial charge in [-0.2, -0.15) is 0 Å². The molecule has 1 aromatic rings. The van der Waals surface area contributed by atoms with Gasteiger partial charge in [-0.3, -0.25) is 0 Å². The van der Waals surface area contributed by atoms with Crippen LogP contribution in [0.2, 0.25) is 0 Å². The first-order chi connectivity index (χ1) is 6.15. The molecule has 4 heteroatoms. The molecule has 0 unspecified atom stereocenters. The van der Waals surface area contributed by atoms with Gasteiger partial charge in [-0.15, -0.1) is 4.91 Å². The van der Waals surface area contributed by atoms with Gasteiger partial charge in [-0.1, -0.05) is 29.8 Å². The fourth-order valence-electron chi connectivity index (χ4n) is 0.997. The Balaban J connectivity index is 2.99. The molecular formula is C9H9NO3. The Labute approximate surface area is 75.2 Å². The maximum absolute atomic E-state index is 10.5. The Kier molecular flexibility index (Phi) is 2.74. The minimum Gasteiger partial charge on any atom is -0.479 e. The molecule has 0 aliphatic rings. The monoisotopic (exact) mass is 179 g/mol. The zero-order valence-electron chi connectivity index (χ0n) is 7.10. The molecule has 0 fully saturated rings. The molecule has 68 valence electrons. The molecule has 0 bridgehead atoms. The molecule has 4 nitrogen and oxygen atoms in total. The van der Waals surface area contributed by atoms with Crippen molar-refractivity contribution >= 4 is 5.97 Å². The minimum absolute atomic E-state index is 0.410. The van der Waals surface area contributed by atoms with Crippen molar-refractivity contribution in [1.82, 2.24) is 0 Å². The number of rotatable bonds is 3. The first kappa shape index (κ1) is 9.38. The summed E-state index contributed by atoms with van der Waals surface area (Å²) in [4.78, 5) is 20.7. The molecule has 1 atom stereocenters. The van der Waals surface area contributed by atoms with Gasteiger partial charge < -0.3 is 5.11 Å². The SMILES string of the molecule is Cc1ccc([C@@H](N=O)C(=O)O)cc1. The maximum atomic E-state index is 10.5. The summed E-state index contributed by atoms with van der Waals surface area (Å²) in [6, 6.07) is 5.39. The zero-order chi connectivity index (χ0) is 9.84. The second-order valence-corrected chi connectivity index (χ2v) is 2.76. The Morgan fingerprint density at radius 3 is 2.31 bits per heavy atom. The lowest BCUT2D eigenvalue weighted by Gasteiger charge is -2.03. The molecule has 0 aliphatic carbocycles. The van der Waals surface area contributed by atoms with Crippen molar-refractivity contribution < 1.29 is 9.90 Å². The molecule has 0 spiro atoms. The van der Waals surface area contributed by atoms with Gasteiger partial charge in [0.25, 0.3) is 0 Å². The van der Waals surface area contributed by atoms with E-state index in [1.54, 1.807) is 24.3 Å². The third-order valence-corrected chi connectivity index (χ3v) is 1.73. The quantitative estimate of drug-likeness (QED) is 0.720. The summed E-state index contributed by atoms with van der Waals surface area (Å²) < 4.78 is 0. The van der Waals surface area contributed by atoms with Crippen molar-refractivity contribution in [2.24, 2.45) is 5.18 Å². The minimum atomic E-state index is -1.29. The summed E-state index contributed by atoms with van der Waals surface area (Å²) in [7, 11) is 0. The average molecular weight is 179 g/mol. The van der Waals surface area contributed by atoms with E-state index in [1.165, 1.54) is 0 Å². The normalized spacial score (nSPS) is 12.1. The fourth-order valence-corrected chi connectivity index (χ4v) is 0.997. The van der Waals surface area contributed by atoms with Gasteiger partial charge >= 0.3 is 5.97 Å².